The van der Waals surface area contributed by atoms with Crippen molar-refractivity contribution in [2.24, 2.45) is 5.92 Å². The smallest absolute Gasteiger partial charge is 0.432 e. The van der Waals surface area contributed by atoms with Gasteiger partial charge in [0.2, 0.25) is 5.60 Å². The van der Waals surface area contributed by atoms with Crippen LogP contribution >= 0.6 is 11.6 Å². The molecule has 0 unspecified atom stereocenters. The van der Waals surface area contributed by atoms with Crippen LogP contribution in [0.15, 0.2) is 23.8 Å². The maximum Gasteiger partial charge on any atom is 0.432 e. The van der Waals surface area contributed by atoms with E-state index in [0.29, 0.717) is 0 Å². The molecule has 1 aliphatic rings. The van der Waals surface area contributed by atoms with Crippen LogP contribution in [0.25, 0.3) is 6.08 Å². The van der Waals surface area contributed by atoms with E-state index in [1.807, 2.05) is 0 Å². The molecule has 0 saturated carbocycles. The molecule has 2 rings (SSSR count). The molecule has 1 aromatic carbocycles. The van der Waals surface area contributed by atoms with Gasteiger partial charge in [-0.1, -0.05) is 25.4 Å². The van der Waals surface area contributed by atoms with E-state index in [1.54, 1.807) is 13.8 Å². The number of hydrogen-bond acceptors (Lipinski definition) is 2. The zero-order chi connectivity index (χ0) is 16.7. The van der Waals surface area contributed by atoms with Crippen molar-refractivity contribution in [2.75, 3.05) is 0 Å². The lowest BCUT2D eigenvalue weighted by molar-refractivity contribution is -0.240. The van der Waals surface area contributed by atoms with Gasteiger partial charge in [-0.25, -0.2) is 4.79 Å². The fourth-order valence-electron chi connectivity index (χ4n) is 2.53. The molecule has 1 aromatic rings. The Bertz CT molecular complexity index is 637. The summed E-state index contributed by atoms with van der Waals surface area (Å²) in [6, 6.07) is 4.08. The molecule has 0 spiro atoms. The molecule has 22 heavy (non-hydrogen) atoms. The molecular weight excluding hydrogens is 321 g/mol. The molecular formula is C15H14ClF3O3. The topological polar surface area (TPSA) is 46.5 Å². The predicted molar refractivity (Wildman–Crippen MR) is 75.9 cm³/mol. The van der Waals surface area contributed by atoms with Gasteiger partial charge in [0.25, 0.3) is 0 Å². The third-order valence-electron chi connectivity index (χ3n) is 3.37. The molecule has 0 bridgehead atoms. The van der Waals surface area contributed by atoms with Crippen LogP contribution in [0.3, 0.4) is 0 Å². The fraction of sp³-hybridized carbons (Fsp3) is 0.400. The van der Waals surface area contributed by atoms with Crippen LogP contribution in [0, 0.1) is 5.92 Å². The molecule has 1 heterocycles. The molecule has 3 nitrogen and oxygen atoms in total. The van der Waals surface area contributed by atoms with Gasteiger partial charge in [0.05, 0.1) is 5.57 Å². The molecule has 0 amide bonds. The van der Waals surface area contributed by atoms with E-state index in [2.05, 4.69) is 0 Å². The highest BCUT2D eigenvalue weighted by molar-refractivity contribution is 6.30. The molecule has 0 fully saturated rings. The third-order valence-corrected chi connectivity index (χ3v) is 3.61. The highest BCUT2D eigenvalue weighted by atomic mass is 35.5. The molecule has 1 atom stereocenters. The fourth-order valence-corrected chi connectivity index (χ4v) is 2.71. The number of carboxylic acid groups (broad SMARTS) is 1. The van der Waals surface area contributed by atoms with Gasteiger partial charge in [-0.05, 0) is 30.2 Å². The van der Waals surface area contributed by atoms with Crippen LogP contribution in [0.2, 0.25) is 5.02 Å². The van der Waals surface area contributed by atoms with E-state index in [1.165, 1.54) is 18.2 Å². The first-order valence-electron chi connectivity index (χ1n) is 6.57. The largest absolute Gasteiger partial charge is 0.478 e. The highest BCUT2D eigenvalue weighted by Gasteiger charge is 2.63. The standard InChI is InChI=1S/C15H14ClF3O3/c1-8(2)7-14(15(17,18)19)11(13(20)21)6-9-5-10(16)3-4-12(9)22-14/h3-6,8H,7H2,1-2H3,(H,20,21)/t14-/m1/s1. The first-order valence-corrected chi connectivity index (χ1v) is 6.95. The summed E-state index contributed by atoms with van der Waals surface area (Å²) >= 11 is 5.79. The SMILES string of the molecule is CC(C)C[C@@]1(C(F)(F)F)Oc2ccc(Cl)cc2C=C1C(=O)O. The van der Waals surface area contributed by atoms with Gasteiger partial charge in [-0.15, -0.1) is 0 Å². The van der Waals surface area contributed by atoms with Crippen LogP contribution in [0.1, 0.15) is 25.8 Å². The summed E-state index contributed by atoms with van der Waals surface area (Å²) in [5.74, 6) is -2.12. The van der Waals surface area contributed by atoms with Gasteiger partial charge in [-0.3, -0.25) is 0 Å². The van der Waals surface area contributed by atoms with Gasteiger partial charge < -0.3 is 9.84 Å². The van der Waals surface area contributed by atoms with Crippen molar-refractivity contribution in [3.05, 3.63) is 34.4 Å². The minimum atomic E-state index is -4.86. The summed E-state index contributed by atoms with van der Waals surface area (Å²) < 4.78 is 46.2. The average Bonchev–Trinajstić information content (AvgIpc) is 2.36. The molecule has 0 aromatic heterocycles. The second kappa shape index (κ2) is 5.50. The van der Waals surface area contributed by atoms with Gasteiger partial charge >= 0.3 is 12.1 Å². The molecule has 0 saturated heterocycles. The minimum absolute atomic E-state index is 0.0348. The summed E-state index contributed by atoms with van der Waals surface area (Å²) in [5, 5.41) is 9.55. The van der Waals surface area contributed by atoms with E-state index in [0.717, 1.165) is 6.08 Å². The van der Waals surface area contributed by atoms with Gasteiger partial charge in [0.1, 0.15) is 5.75 Å². The molecule has 7 heteroatoms. The van der Waals surface area contributed by atoms with Crippen LogP contribution in [0.5, 0.6) is 5.75 Å². The Morgan fingerprint density at radius 2 is 2.05 bits per heavy atom. The van der Waals surface area contributed by atoms with Gasteiger partial charge in [0, 0.05) is 17.0 Å². The normalized spacial score (nSPS) is 21.1. The number of hydrogen-bond donors (Lipinski definition) is 1. The molecule has 0 aliphatic carbocycles. The molecule has 0 radical (unpaired) electrons. The Kier molecular flexibility index (Phi) is 4.17. The lowest BCUT2D eigenvalue weighted by Crippen LogP contribution is -2.55. The first kappa shape index (κ1) is 16.7. The van der Waals surface area contributed by atoms with Crippen molar-refractivity contribution in [2.45, 2.75) is 32.0 Å². The van der Waals surface area contributed by atoms with Crippen LogP contribution in [-0.4, -0.2) is 22.9 Å². The number of aliphatic carboxylic acids is 1. The molecule has 120 valence electrons. The maximum absolute atomic E-state index is 13.7. The molecule has 1 aliphatic heterocycles. The van der Waals surface area contributed by atoms with Crippen molar-refractivity contribution in [1.82, 2.24) is 0 Å². The second-order valence-corrected chi connectivity index (χ2v) is 6.01. The van der Waals surface area contributed by atoms with Crippen molar-refractivity contribution in [3.8, 4) is 5.75 Å². The Morgan fingerprint density at radius 3 is 2.55 bits per heavy atom. The van der Waals surface area contributed by atoms with E-state index < -0.39 is 35.7 Å². The summed E-state index contributed by atoms with van der Waals surface area (Å²) in [5.41, 5.74) is -3.48. The second-order valence-electron chi connectivity index (χ2n) is 5.57. The summed E-state index contributed by atoms with van der Waals surface area (Å²) in [6.07, 6.45) is -4.36. The van der Waals surface area contributed by atoms with E-state index >= 15 is 0 Å². The maximum atomic E-state index is 13.7. The number of carbonyl (C=O) groups is 1. The zero-order valence-electron chi connectivity index (χ0n) is 11.9. The van der Waals surface area contributed by atoms with Crippen molar-refractivity contribution >= 4 is 23.6 Å². The number of alkyl halides is 3. The van der Waals surface area contributed by atoms with Crippen molar-refractivity contribution in [3.63, 3.8) is 0 Å². The Labute approximate surface area is 130 Å². The quantitative estimate of drug-likeness (QED) is 0.882. The number of halogens is 4. The van der Waals surface area contributed by atoms with E-state index in [9.17, 15) is 23.1 Å². The lowest BCUT2D eigenvalue weighted by atomic mass is 9.81. The summed E-state index contributed by atoms with van der Waals surface area (Å²) in [7, 11) is 0. The van der Waals surface area contributed by atoms with Crippen molar-refractivity contribution < 1.29 is 27.8 Å². The van der Waals surface area contributed by atoms with Crippen LogP contribution in [-0.2, 0) is 4.79 Å². The Morgan fingerprint density at radius 1 is 1.41 bits per heavy atom. The van der Waals surface area contributed by atoms with E-state index in [-0.39, 0.29) is 16.3 Å². The third kappa shape index (κ3) is 2.79. The monoisotopic (exact) mass is 334 g/mol. The van der Waals surface area contributed by atoms with E-state index in [4.69, 9.17) is 16.3 Å². The summed E-state index contributed by atoms with van der Waals surface area (Å²) in [6.45, 7) is 3.15. The number of ether oxygens (including phenoxy) is 1. The first-order chi connectivity index (χ1) is 10.1. The van der Waals surface area contributed by atoms with Crippen molar-refractivity contribution in [1.29, 1.82) is 0 Å². The number of fused-ring (bicyclic) bond motifs is 1. The number of benzene rings is 1. The average molecular weight is 335 g/mol. The number of rotatable bonds is 3. The highest BCUT2D eigenvalue weighted by Crippen LogP contribution is 2.48. The van der Waals surface area contributed by atoms with Crippen LogP contribution in [0.4, 0.5) is 13.2 Å². The predicted octanol–water partition coefficient (Wildman–Crippen LogP) is 4.55. The Balaban J connectivity index is 2.69. The minimum Gasteiger partial charge on any atom is -0.478 e. The number of carboxylic acids is 1. The Hall–Kier alpha value is -1.69. The zero-order valence-corrected chi connectivity index (χ0v) is 12.6. The van der Waals surface area contributed by atoms with Crippen LogP contribution < -0.4 is 4.74 Å². The van der Waals surface area contributed by atoms with Gasteiger partial charge in [-0.2, -0.15) is 13.2 Å². The van der Waals surface area contributed by atoms with Gasteiger partial charge in [0.15, 0.2) is 0 Å². The summed E-state index contributed by atoms with van der Waals surface area (Å²) in [4.78, 5) is 11.4. The molecule has 1 N–H and O–H groups in total. The lowest BCUT2D eigenvalue weighted by Gasteiger charge is -2.40.